The Morgan fingerprint density at radius 1 is 1.19 bits per heavy atom. The van der Waals surface area contributed by atoms with Crippen LogP contribution in [-0.2, 0) is 6.61 Å². The third-order valence-electron chi connectivity index (χ3n) is 2.71. The topological polar surface area (TPSA) is 99.7 Å². The Kier molecular flexibility index (Phi) is 4.78. The minimum absolute atomic E-state index is 0.0826. The maximum atomic E-state index is 9.12. The molecule has 0 aliphatic carbocycles. The lowest BCUT2D eigenvalue weighted by Crippen LogP contribution is -2.03. The van der Waals surface area contributed by atoms with Crippen molar-refractivity contribution in [1.82, 2.24) is 9.97 Å². The van der Waals surface area contributed by atoms with Gasteiger partial charge in [0.15, 0.2) is 17.2 Å². The monoisotopic (exact) mass is 291 g/mol. The number of aromatic nitrogens is 2. The Morgan fingerprint density at radius 3 is 2.62 bits per heavy atom. The number of nitrogen functional groups attached to an aromatic ring is 1. The summed E-state index contributed by atoms with van der Waals surface area (Å²) in [4.78, 5) is 7.93. The summed E-state index contributed by atoms with van der Waals surface area (Å²) >= 11 is 0. The van der Waals surface area contributed by atoms with Gasteiger partial charge in [0.25, 0.3) is 0 Å². The van der Waals surface area contributed by atoms with E-state index in [1.807, 2.05) is 6.92 Å². The van der Waals surface area contributed by atoms with Crippen molar-refractivity contribution in [2.75, 3.05) is 19.5 Å². The van der Waals surface area contributed by atoms with Crippen molar-refractivity contribution in [3.63, 3.8) is 0 Å². The maximum Gasteiger partial charge on any atom is 0.250 e. The summed E-state index contributed by atoms with van der Waals surface area (Å²) < 4.78 is 16.2. The van der Waals surface area contributed by atoms with Gasteiger partial charge in [-0.05, 0) is 24.6 Å². The molecule has 0 saturated heterocycles. The van der Waals surface area contributed by atoms with Crippen molar-refractivity contribution < 1.29 is 19.3 Å². The van der Waals surface area contributed by atoms with Crippen LogP contribution in [0, 0.1) is 0 Å². The van der Waals surface area contributed by atoms with Crippen LogP contribution in [0.25, 0.3) is 0 Å². The van der Waals surface area contributed by atoms with E-state index >= 15 is 0 Å². The van der Waals surface area contributed by atoms with Crippen molar-refractivity contribution in [2.24, 2.45) is 0 Å². The van der Waals surface area contributed by atoms with E-state index in [-0.39, 0.29) is 24.1 Å². The van der Waals surface area contributed by atoms with E-state index in [0.29, 0.717) is 23.7 Å². The molecule has 0 aliphatic heterocycles. The third-order valence-corrected chi connectivity index (χ3v) is 2.71. The molecule has 1 aromatic heterocycles. The van der Waals surface area contributed by atoms with Gasteiger partial charge in [-0.25, -0.2) is 0 Å². The van der Waals surface area contributed by atoms with Crippen LogP contribution >= 0.6 is 0 Å². The Labute approximate surface area is 122 Å². The first kappa shape index (κ1) is 14.9. The van der Waals surface area contributed by atoms with Crippen LogP contribution in [0.3, 0.4) is 0 Å². The van der Waals surface area contributed by atoms with E-state index in [9.17, 15) is 0 Å². The Hall–Kier alpha value is -2.54. The molecular weight excluding hydrogens is 274 g/mol. The number of anilines is 1. The molecule has 0 atom stereocenters. The van der Waals surface area contributed by atoms with Gasteiger partial charge in [0.2, 0.25) is 11.8 Å². The fourth-order valence-electron chi connectivity index (χ4n) is 1.70. The predicted molar refractivity (Wildman–Crippen MR) is 76.6 cm³/mol. The zero-order chi connectivity index (χ0) is 15.2. The van der Waals surface area contributed by atoms with Crippen LogP contribution in [0.1, 0.15) is 12.5 Å². The second kappa shape index (κ2) is 6.76. The lowest BCUT2D eigenvalue weighted by atomic mass is 10.2. The first-order valence-corrected chi connectivity index (χ1v) is 6.38. The van der Waals surface area contributed by atoms with Gasteiger partial charge in [-0.1, -0.05) is 6.07 Å². The largest absolute Gasteiger partial charge is 0.493 e. The summed E-state index contributed by atoms with van der Waals surface area (Å²) in [5, 5.41) is 9.12. The molecule has 0 fully saturated rings. The fraction of sp³-hybridized carbons (Fsp3) is 0.286. The number of aliphatic hydroxyl groups is 1. The van der Waals surface area contributed by atoms with Crippen LogP contribution in [-0.4, -0.2) is 28.8 Å². The van der Waals surface area contributed by atoms with Crippen LogP contribution in [0.4, 0.5) is 5.69 Å². The van der Waals surface area contributed by atoms with Crippen LogP contribution < -0.4 is 19.9 Å². The average Bonchev–Trinajstić information content (AvgIpc) is 2.51. The van der Waals surface area contributed by atoms with Crippen molar-refractivity contribution in [1.29, 1.82) is 0 Å². The Balaban J connectivity index is 2.32. The Morgan fingerprint density at radius 2 is 1.95 bits per heavy atom. The molecule has 0 bridgehead atoms. The standard InChI is InChI=1S/C14H17N3O4/c1-3-20-13-12(15)14(17-8-16-13)21-10-5-4-9(7-18)6-11(10)19-2/h4-6,8,18H,3,7,15H2,1-2H3. The highest BCUT2D eigenvalue weighted by Gasteiger charge is 2.14. The average molecular weight is 291 g/mol. The number of hydrogen-bond acceptors (Lipinski definition) is 7. The van der Waals surface area contributed by atoms with Crippen LogP contribution in [0.15, 0.2) is 24.5 Å². The highest BCUT2D eigenvalue weighted by atomic mass is 16.5. The molecule has 2 rings (SSSR count). The zero-order valence-corrected chi connectivity index (χ0v) is 11.9. The van der Waals surface area contributed by atoms with Crippen LogP contribution in [0.5, 0.6) is 23.3 Å². The van der Waals surface area contributed by atoms with Gasteiger partial charge in [0.05, 0.1) is 20.3 Å². The second-order valence-electron chi connectivity index (χ2n) is 4.08. The Bertz CT molecular complexity index is 619. The van der Waals surface area contributed by atoms with E-state index in [4.69, 9.17) is 25.1 Å². The molecule has 1 heterocycles. The number of methoxy groups -OCH3 is 1. The molecule has 0 radical (unpaired) electrons. The van der Waals surface area contributed by atoms with Gasteiger partial charge in [0.1, 0.15) is 6.33 Å². The fourth-order valence-corrected chi connectivity index (χ4v) is 1.70. The van der Waals surface area contributed by atoms with Crippen molar-refractivity contribution in [3.8, 4) is 23.3 Å². The van der Waals surface area contributed by atoms with Gasteiger partial charge in [-0.3, -0.25) is 0 Å². The molecule has 2 aromatic rings. The first-order valence-electron chi connectivity index (χ1n) is 6.38. The lowest BCUT2D eigenvalue weighted by molar-refractivity contribution is 0.280. The molecule has 0 amide bonds. The van der Waals surface area contributed by atoms with Gasteiger partial charge in [-0.2, -0.15) is 9.97 Å². The smallest absolute Gasteiger partial charge is 0.250 e. The molecular formula is C14H17N3O4. The van der Waals surface area contributed by atoms with Crippen molar-refractivity contribution in [2.45, 2.75) is 13.5 Å². The number of nitrogens with zero attached hydrogens (tertiary/aromatic N) is 2. The zero-order valence-electron chi connectivity index (χ0n) is 11.9. The van der Waals surface area contributed by atoms with E-state index in [0.717, 1.165) is 0 Å². The molecule has 7 nitrogen and oxygen atoms in total. The molecule has 7 heteroatoms. The lowest BCUT2D eigenvalue weighted by Gasteiger charge is -2.13. The highest BCUT2D eigenvalue weighted by molar-refractivity contribution is 5.57. The van der Waals surface area contributed by atoms with E-state index in [2.05, 4.69) is 9.97 Å². The van der Waals surface area contributed by atoms with Crippen molar-refractivity contribution >= 4 is 5.69 Å². The molecule has 0 unspecified atom stereocenters. The minimum atomic E-state index is -0.0826. The third kappa shape index (κ3) is 3.32. The molecule has 0 saturated carbocycles. The number of benzene rings is 1. The SMILES string of the molecule is CCOc1ncnc(Oc2ccc(CO)cc2OC)c1N. The summed E-state index contributed by atoms with van der Waals surface area (Å²) in [6.07, 6.45) is 1.31. The number of aliphatic hydroxyl groups excluding tert-OH is 1. The summed E-state index contributed by atoms with van der Waals surface area (Å²) in [5.41, 5.74) is 6.84. The summed E-state index contributed by atoms with van der Waals surface area (Å²) in [5.74, 6) is 1.36. The van der Waals surface area contributed by atoms with E-state index in [1.165, 1.54) is 13.4 Å². The quantitative estimate of drug-likeness (QED) is 0.836. The second-order valence-corrected chi connectivity index (χ2v) is 4.08. The van der Waals surface area contributed by atoms with Crippen molar-refractivity contribution in [3.05, 3.63) is 30.1 Å². The highest BCUT2D eigenvalue weighted by Crippen LogP contribution is 2.35. The van der Waals surface area contributed by atoms with Gasteiger partial charge in [0, 0.05) is 0 Å². The number of nitrogens with two attached hydrogens (primary N) is 1. The predicted octanol–water partition coefficient (Wildman–Crippen LogP) is 1.75. The molecule has 0 spiro atoms. The number of ether oxygens (including phenoxy) is 3. The molecule has 0 aliphatic rings. The van der Waals surface area contributed by atoms with Gasteiger partial charge >= 0.3 is 0 Å². The summed E-state index contributed by atoms with van der Waals surface area (Å²) in [7, 11) is 1.51. The van der Waals surface area contributed by atoms with Gasteiger partial charge in [-0.15, -0.1) is 0 Å². The van der Waals surface area contributed by atoms with Crippen LogP contribution in [0.2, 0.25) is 0 Å². The number of hydrogen-bond donors (Lipinski definition) is 2. The van der Waals surface area contributed by atoms with E-state index in [1.54, 1.807) is 18.2 Å². The normalized spacial score (nSPS) is 10.2. The van der Waals surface area contributed by atoms with E-state index < -0.39 is 0 Å². The molecule has 3 N–H and O–H groups in total. The summed E-state index contributed by atoms with van der Waals surface area (Å²) in [6.45, 7) is 2.19. The summed E-state index contributed by atoms with van der Waals surface area (Å²) in [6, 6.07) is 5.07. The van der Waals surface area contributed by atoms with Gasteiger partial charge < -0.3 is 25.1 Å². The first-order chi connectivity index (χ1) is 10.2. The molecule has 21 heavy (non-hydrogen) atoms. The molecule has 1 aromatic carbocycles. The molecule has 112 valence electrons. The maximum absolute atomic E-state index is 9.12. The number of rotatable bonds is 6. The minimum Gasteiger partial charge on any atom is -0.493 e.